The molecular formula is C24H25N7S. The van der Waals surface area contributed by atoms with E-state index < -0.39 is 0 Å². The molecule has 5 rings (SSSR count). The van der Waals surface area contributed by atoms with Crippen molar-refractivity contribution in [3.8, 4) is 17.1 Å². The van der Waals surface area contributed by atoms with E-state index in [2.05, 4.69) is 44.0 Å². The maximum atomic E-state index is 5.87. The first kappa shape index (κ1) is 20.7. The molecule has 0 bridgehead atoms. The number of piperazine rings is 1. The molecule has 7 nitrogen and oxygen atoms in total. The molecule has 0 saturated carbocycles. The van der Waals surface area contributed by atoms with E-state index in [0.29, 0.717) is 11.4 Å². The molecule has 3 aromatic heterocycles. The van der Waals surface area contributed by atoms with Gasteiger partial charge in [0, 0.05) is 68.8 Å². The maximum Gasteiger partial charge on any atom is 0.204 e. The first-order valence-electron chi connectivity index (χ1n) is 10.8. The van der Waals surface area contributed by atoms with Crippen molar-refractivity contribution < 1.29 is 0 Å². The van der Waals surface area contributed by atoms with E-state index in [-0.39, 0.29) is 0 Å². The summed E-state index contributed by atoms with van der Waals surface area (Å²) in [7, 11) is 0. The highest BCUT2D eigenvalue weighted by molar-refractivity contribution is 7.71. The third-order valence-corrected chi connectivity index (χ3v) is 6.12. The zero-order valence-corrected chi connectivity index (χ0v) is 18.6. The van der Waals surface area contributed by atoms with Gasteiger partial charge in [-0.1, -0.05) is 18.2 Å². The summed E-state index contributed by atoms with van der Waals surface area (Å²) in [5.41, 5.74) is 3.26. The first-order chi connectivity index (χ1) is 15.8. The lowest BCUT2D eigenvalue weighted by atomic mass is 10.2. The summed E-state index contributed by atoms with van der Waals surface area (Å²) in [4.78, 5) is 13.3. The van der Waals surface area contributed by atoms with E-state index in [0.717, 1.165) is 49.8 Å². The first-order valence-corrected chi connectivity index (χ1v) is 11.2. The van der Waals surface area contributed by atoms with E-state index >= 15 is 0 Å². The Labute approximate surface area is 192 Å². The summed E-state index contributed by atoms with van der Waals surface area (Å²) >= 11 is 5.87. The molecule has 1 aromatic carbocycles. The van der Waals surface area contributed by atoms with Gasteiger partial charge in [-0.2, -0.15) is 0 Å². The maximum absolute atomic E-state index is 5.87. The molecule has 0 unspecified atom stereocenters. The predicted molar refractivity (Wildman–Crippen MR) is 127 cm³/mol. The Hall–Kier alpha value is -3.20. The van der Waals surface area contributed by atoms with E-state index in [9.17, 15) is 0 Å². The van der Waals surface area contributed by atoms with Crippen molar-refractivity contribution in [2.24, 2.45) is 0 Å². The van der Waals surface area contributed by atoms with Gasteiger partial charge in [-0.25, -0.2) is 4.68 Å². The van der Waals surface area contributed by atoms with Crippen LogP contribution in [-0.4, -0.2) is 60.3 Å². The van der Waals surface area contributed by atoms with Gasteiger partial charge in [0.2, 0.25) is 4.77 Å². The van der Waals surface area contributed by atoms with Crippen LogP contribution in [0, 0.1) is 4.77 Å². The fraction of sp³-hybridized carbons (Fsp3) is 0.250. The minimum absolute atomic E-state index is 0.676. The normalized spacial score (nSPS) is 15.1. The Balaban J connectivity index is 1.35. The largest absolute Gasteiger partial charge is 0.297 e. The van der Waals surface area contributed by atoms with Crippen LogP contribution in [0.15, 0.2) is 79.4 Å². The lowest BCUT2D eigenvalue weighted by molar-refractivity contribution is 0.0981. The number of hydrogen-bond acceptors (Lipinski definition) is 6. The van der Waals surface area contributed by atoms with Crippen LogP contribution in [0.4, 0.5) is 0 Å². The van der Waals surface area contributed by atoms with Crippen LogP contribution >= 0.6 is 12.2 Å². The van der Waals surface area contributed by atoms with Crippen molar-refractivity contribution in [3.63, 3.8) is 0 Å². The van der Waals surface area contributed by atoms with Gasteiger partial charge in [0.15, 0.2) is 5.82 Å². The molecule has 0 amide bonds. The summed E-state index contributed by atoms with van der Waals surface area (Å²) < 4.78 is 4.66. The zero-order chi connectivity index (χ0) is 21.8. The van der Waals surface area contributed by atoms with E-state index in [4.69, 9.17) is 17.3 Å². The number of nitrogens with zero attached hydrogens (tertiary/aromatic N) is 7. The molecular weight excluding hydrogens is 418 g/mol. The molecule has 0 N–H and O–H groups in total. The highest BCUT2D eigenvalue weighted by atomic mass is 32.1. The molecule has 0 spiro atoms. The predicted octanol–water partition coefficient (Wildman–Crippen LogP) is 3.64. The Bertz CT molecular complexity index is 1200. The third kappa shape index (κ3) is 4.52. The molecule has 0 radical (unpaired) electrons. The standard InChI is InChI=1S/C24H25N7S/c32-24-30(19-29-15-13-28(14-16-29)18-20-8-11-25-12-9-20)27-23(21-5-4-10-26-17-21)31(24)22-6-2-1-3-7-22/h1-12,17H,13-16,18-19H2. The molecule has 1 saturated heterocycles. The highest BCUT2D eigenvalue weighted by Crippen LogP contribution is 2.22. The molecule has 1 aliphatic rings. The molecule has 0 atom stereocenters. The number of aromatic nitrogens is 5. The van der Waals surface area contributed by atoms with Crippen LogP contribution in [0.3, 0.4) is 0 Å². The second kappa shape index (κ2) is 9.52. The number of benzene rings is 1. The molecule has 162 valence electrons. The van der Waals surface area contributed by atoms with Crippen molar-refractivity contribution in [3.05, 3.63) is 89.7 Å². The second-order valence-corrected chi connectivity index (χ2v) is 8.27. The summed E-state index contributed by atoms with van der Waals surface area (Å²) in [6.45, 7) is 5.63. The van der Waals surface area contributed by atoms with Crippen molar-refractivity contribution in [1.82, 2.24) is 34.1 Å². The highest BCUT2D eigenvalue weighted by Gasteiger charge is 2.20. The van der Waals surface area contributed by atoms with E-state index in [1.54, 1.807) is 6.20 Å². The molecule has 0 aliphatic carbocycles. The topological polar surface area (TPSA) is 55.0 Å². The summed E-state index contributed by atoms with van der Waals surface area (Å²) in [6.07, 6.45) is 7.32. The van der Waals surface area contributed by atoms with Gasteiger partial charge in [-0.15, -0.1) is 5.10 Å². The fourth-order valence-electron chi connectivity index (χ4n) is 4.02. The van der Waals surface area contributed by atoms with Gasteiger partial charge in [-0.05, 0) is 54.2 Å². The second-order valence-electron chi connectivity index (χ2n) is 7.91. The molecule has 32 heavy (non-hydrogen) atoms. The van der Waals surface area contributed by atoms with Gasteiger partial charge in [0.25, 0.3) is 0 Å². The summed E-state index contributed by atoms with van der Waals surface area (Å²) in [5, 5.41) is 4.91. The SMILES string of the molecule is S=c1n(CN2CCN(Cc3ccncc3)CC2)nc(-c2cccnc2)n1-c1ccccc1. The van der Waals surface area contributed by atoms with Crippen LogP contribution in [-0.2, 0) is 13.2 Å². The van der Waals surface area contributed by atoms with E-state index in [1.165, 1.54) is 5.56 Å². The molecule has 1 aliphatic heterocycles. The lowest BCUT2D eigenvalue weighted by Crippen LogP contribution is -2.46. The molecule has 1 fully saturated rings. The van der Waals surface area contributed by atoms with Crippen LogP contribution in [0.25, 0.3) is 17.1 Å². The summed E-state index contributed by atoms with van der Waals surface area (Å²) in [5.74, 6) is 0.811. The van der Waals surface area contributed by atoms with Crippen LogP contribution < -0.4 is 0 Å². The monoisotopic (exact) mass is 443 g/mol. The van der Waals surface area contributed by atoms with E-state index in [1.807, 2.05) is 58.2 Å². The average Bonchev–Trinajstić information content (AvgIpc) is 3.18. The lowest BCUT2D eigenvalue weighted by Gasteiger charge is -2.34. The Kier molecular flexibility index (Phi) is 6.15. The minimum atomic E-state index is 0.676. The molecule has 4 aromatic rings. The quantitative estimate of drug-likeness (QED) is 0.424. The van der Waals surface area contributed by atoms with Crippen LogP contribution in [0.1, 0.15) is 5.56 Å². The van der Waals surface area contributed by atoms with Gasteiger partial charge >= 0.3 is 0 Å². The smallest absolute Gasteiger partial charge is 0.204 e. The van der Waals surface area contributed by atoms with Crippen molar-refractivity contribution in [2.75, 3.05) is 26.2 Å². The zero-order valence-electron chi connectivity index (χ0n) is 17.8. The molecule has 4 heterocycles. The van der Waals surface area contributed by atoms with Crippen molar-refractivity contribution in [2.45, 2.75) is 13.2 Å². The van der Waals surface area contributed by atoms with Crippen molar-refractivity contribution >= 4 is 12.2 Å². The van der Waals surface area contributed by atoms with Crippen LogP contribution in [0.2, 0.25) is 0 Å². The van der Waals surface area contributed by atoms with Gasteiger partial charge in [0.05, 0.1) is 6.67 Å². The Morgan fingerprint density at radius 1 is 0.781 bits per heavy atom. The third-order valence-electron chi connectivity index (χ3n) is 5.73. The van der Waals surface area contributed by atoms with Gasteiger partial charge < -0.3 is 0 Å². The fourth-order valence-corrected chi connectivity index (χ4v) is 4.31. The Morgan fingerprint density at radius 2 is 1.53 bits per heavy atom. The number of hydrogen-bond donors (Lipinski definition) is 0. The van der Waals surface area contributed by atoms with Crippen LogP contribution in [0.5, 0.6) is 0 Å². The average molecular weight is 444 g/mol. The van der Waals surface area contributed by atoms with Gasteiger partial charge in [0.1, 0.15) is 0 Å². The number of rotatable bonds is 6. The molecule has 8 heteroatoms. The van der Waals surface area contributed by atoms with Crippen molar-refractivity contribution in [1.29, 1.82) is 0 Å². The Morgan fingerprint density at radius 3 is 2.25 bits per heavy atom. The number of para-hydroxylation sites is 1. The summed E-state index contributed by atoms with van der Waals surface area (Å²) in [6, 6.07) is 18.3. The van der Waals surface area contributed by atoms with Gasteiger partial charge in [-0.3, -0.25) is 24.3 Å². The minimum Gasteiger partial charge on any atom is -0.297 e. The number of pyridine rings is 2.